The molecule has 0 bridgehead atoms. The molecule has 0 aromatic carbocycles. The summed E-state index contributed by atoms with van der Waals surface area (Å²) >= 11 is 0. The summed E-state index contributed by atoms with van der Waals surface area (Å²) in [7, 11) is 0. The minimum Gasteiger partial charge on any atom is -0.456 e. The zero-order valence-electron chi connectivity index (χ0n) is 17.9. The van der Waals surface area contributed by atoms with E-state index in [2.05, 4.69) is 31.5 Å². The van der Waals surface area contributed by atoms with Crippen LogP contribution in [0.15, 0.2) is 30.2 Å². The fourth-order valence-electron chi connectivity index (χ4n) is 4.53. The second-order valence-corrected chi connectivity index (χ2v) is 8.46. The molecule has 11 heteroatoms. The number of tetrazole rings is 1. The van der Waals surface area contributed by atoms with Gasteiger partial charge in [-0.2, -0.15) is 4.68 Å². The van der Waals surface area contributed by atoms with E-state index in [-0.39, 0.29) is 12.7 Å². The summed E-state index contributed by atoms with van der Waals surface area (Å²) in [4.78, 5) is 32.4. The number of ether oxygens (including phenoxy) is 2. The Bertz CT molecular complexity index is 1040. The van der Waals surface area contributed by atoms with Crippen molar-refractivity contribution in [1.82, 2.24) is 35.0 Å². The van der Waals surface area contributed by atoms with Crippen LogP contribution in [0.25, 0.3) is 5.82 Å². The number of rotatable bonds is 5. The van der Waals surface area contributed by atoms with E-state index in [1.54, 1.807) is 4.68 Å². The van der Waals surface area contributed by atoms with Gasteiger partial charge in [0, 0.05) is 57.2 Å². The molecule has 1 amide bonds. The second kappa shape index (κ2) is 8.30. The molecular formula is C21H25N7O4. The van der Waals surface area contributed by atoms with Crippen LogP contribution in [-0.2, 0) is 20.7 Å². The van der Waals surface area contributed by atoms with E-state index in [4.69, 9.17) is 9.47 Å². The number of piperidine rings is 1. The van der Waals surface area contributed by atoms with Crippen molar-refractivity contribution in [2.75, 3.05) is 32.8 Å². The molecule has 0 unspecified atom stereocenters. The van der Waals surface area contributed by atoms with Crippen LogP contribution in [0.5, 0.6) is 0 Å². The first kappa shape index (κ1) is 20.6. The van der Waals surface area contributed by atoms with Crippen LogP contribution in [-0.4, -0.2) is 85.4 Å². The van der Waals surface area contributed by atoms with Crippen molar-refractivity contribution < 1.29 is 19.1 Å². The summed E-state index contributed by atoms with van der Waals surface area (Å²) in [6.45, 7) is 5.38. The third-order valence-corrected chi connectivity index (χ3v) is 6.54. The largest absolute Gasteiger partial charge is 0.456 e. The number of aromatic nitrogens is 5. The van der Waals surface area contributed by atoms with Gasteiger partial charge in [0.25, 0.3) is 0 Å². The normalized spacial score (nSPS) is 20.9. The summed E-state index contributed by atoms with van der Waals surface area (Å²) in [5.74, 6) is 0.297. The second-order valence-electron chi connectivity index (χ2n) is 8.46. The van der Waals surface area contributed by atoms with Crippen molar-refractivity contribution in [3.8, 4) is 5.82 Å². The van der Waals surface area contributed by atoms with Crippen molar-refractivity contribution in [1.29, 1.82) is 0 Å². The first-order valence-electron chi connectivity index (χ1n) is 10.8. The maximum Gasteiger partial charge on any atom is 0.414 e. The maximum atomic E-state index is 12.6. The minimum absolute atomic E-state index is 0.139. The molecule has 2 aromatic rings. The van der Waals surface area contributed by atoms with Gasteiger partial charge >= 0.3 is 12.1 Å². The molecule has 2 saturated heterocycles. The molecule has 3 aliphatic rings. The summed E-state index contributed by atoms with van der Waals surface area (Å²) in [5.41, 5.74) is 2.35. The number of hydrogen-bond donors (Lipinski definition) is 0. The number of cyclic esters (lactones) is 1. The zero-order valence-corrected chi connectivity index (χ0v) is 17.9. The van der Waals surface area contributed by atoms with Crippen molar-refractivity contribution in [2.45, 2.75) is 38.2 Å². The lowest BCUT2D eigenvalue weighted by molar-refractivity contribution is -0.135. The molecule has 0 radical (unpaired) electrons. The fraction of sp³-hybridized carbons (Fsp3) is 0.524. The summed E-state index contributed by atoms with van der Waals surface area (Å²) in [6, 6.07) is 4.00. The Morgan fingerprint density at radius 2 is 1.94 bits per heavy atom. The first-order chi connectivity index (χ1) is 15.5. The van der Waals surface area contributed by atoms with Gasteiger partial charge in [-0.25, -0.2) is 14.6 Å². The Hall–Kier alpha value is -3.34. The number of esters is 1. The van der Waals surface area contributed by atoms with Gasteiger partial charge in [-0.05, 0) is 35.4 Å². The molecule has 168 valence electrons. The lowest BCUT2D eigenvalue weighted by Gasteiger charge is -2.45. The van der Waals surface area contributed by atoms with Crippen LogP contribution >= 0.6 is 0 Å². The number of pyridine rings is 1. The number of carbonyl (C=O) groups excluding carboxylic acids is 2. The molecule has 5 heterocycles. The fourth-order valence-corrected chi connectivity index (χ4v) is 4.53. The van der Waals surface area contributed by atoms with Gasteiger partial charge in [-0.15, -0.1) is 5.10 Å². The third-order valence-electron chi connectivity index (χ3n) is 6.54. The van der Waals surface area contributed by atoms with Gasteiger partial charge in [0.05, 0.1) is 5.70 Å². The zero-order chi connectivity index (χ0) is 22.1. The van der Waals surface area contributed by atoms with Gasteiger partial charge in [0.2, 0.25) is 0 Å². The lowest BCUT2D eigenvalue weighted by atomic mass is 9.86. The number of amides is 1. The molecule has 32 heavy (non-hydrogen) atoms. The highest BCUT2D eigenvalue weighted by Crippen LogP contribution is 2.35. The Balaban J connectivity index is 1.13. The van der Waals surface area contributed by atoms with E-state index in [1.165, 1.54) is 22.9 Å². The number of nitrogens with zero attached hydrogens (tertiary/aromatic N) is 7. The monoisotopic (exact) mass is 439 g/mol. The van der Waals surface area contributed by atoms with Crippen LogP contribution in [0.3, 0.4) is 0 Å². The third kappa shape index (κ3) is 4.07. The van der Waals surface area contributed by atoms with E-state index in [0.29, 0.717) is 18.1 Å². The van der Waals surface area contributed by atoms with E-state index in [9.17, 15) is 9.59 Å². The van der Waals surface area contributed by atoms with Gasteiger partial charge < -0.3 is 14.4 Å². The highest BCUT2D eigenvalue weighted by atomic mass is 16.6. The van der Waals surface area contributed by atoms with Gasteiger partial charge in [0.1, 0.15) is 18.5 Å². The molecule has 2 aromatic heterocycles. The molecule has 2 fully saturated rings. The van der Waals surface area contributed by atoms with Gasteiger partial charge in [-0.3, -0.25) is 4.90 Å². The molecule has 0 saturated carbocycles. The van der Waals surface area contributed by atoms with Crippen LogP contribution in [0, 0.1) is 6.92 Å². The lowest BCUT2D eigenvalue weighted by Crippen LogP contribution is -2.54. The summed E-state index contributed by atoms with van der Waals surface area (Å²) in [6.07, 6.45) is 5.82. The Labute approximate surface area is 185 Å². The van der Waals surface area contributed by atoms with Crippen LogP contribution in [0.4, 0.5) is 4.79 Å². The predicted molar refractivity (Wildman–Crippen MR) is 111 cm³/mol. The summed E-state index contributed by atoms with van der Waals surface area (Å²) < 4.78 is 12.3. The standard InChI is InChI=1S/C21H25N7O4/c1-15-16(2-3-18(23-15)28-14-22-24-25-28)4-8-26-9-5-21(6-10-26)7-11-27(20(30)32-21)17-12-19(29)31-13-17/h2-3,12,14H,4-11,13H2,1H3. The van der Waals surface area contributed by atoms with Gasteiger partial charge in [-0.1, -0.05) is 6.07 Å². The molecule has 0 aliphatic carbocycles. The summed E-state index contributed by atoms with van der Waals surface area (Å²) in [5, 5.41) is 11.2. The predicted octanol–water partition coefficient (Wildman–Crippen LogP) is 1.03. The van der Waals surface area contributed by atoms with Crippen LogP contribution in [0.1, 0.15) is 30.5 Å². The topological polar surface area (TPSA) is 116 Å². The first-order valence-corrected chi connectivity index (χ1v) is 10.8. The van der Waals surface area contributed by atoms with Crippen LogP contribution in [0.2, 0.25) is 0 Å². The average molecular weight is 439 g/mol. The van der Waals surface area contributed by atoms with Crippen molar-refractivity contribution >= 4 is 12.1 Å². The van der Waals surface area contributed by atoms with Crippen molar-refractivity contribution in [2.24, 2.45) is 0 Å². The Kier molecular flexibility index (Phi) is 5.33. The number of carbonyl (C=O) groups is 2. The van der Waals surface area contributed by atoms with E-state index in [0.717, 1.165) is 51.0 Å². The number of likely N-dealkylation sites (tertiary alicyclic amines) is 1. The number of hydrogen-bond acceptors (Lipinski definition) is 9. The Morgan fingerprint density at radius 1 is 1.12 bits per heavy atom. The van der Waals surface area contributed by atoms with Gasteiger partial charge in [0.15, 0.2) is 5.82 Å². The molecule has 0 N–H and O–H groups in total. The quantitative estimate of drug-likeness (QED) is 0.630. The van der Waals surface area contributed by atoms with E-state index in [1.807, 2.05) is 13.0 Å². The number of aryl methyl sites for hydroxylation is 1. The molecule has 0 atom stereocenters. The molecule has 1 spiro atoms. The van der Waals surface area contributed by atoms with Crippen LogP contribution < -0.4 is 0 Å². The average Bonchev–Trinajstić information content (AvgIpc) is 3.46. The minimum atomic E-state index is -0.406. The highest BCUT2D eigenvalue weighted by Gasteiger charge is 2.44. The van der Waals surface area contributed by atoms with Crippen molar-refractivity contribution in [3.05, 3.63) is 41.5 Å². The van der Waals surface area contributed by atoms with E-state index >= 15 is 0 Å². The van der Waals surface area contributed by atoms with Crippen molar-refractivity contribution in [3.63, 3.8) is 0 Å². The molecule has 5 rings (SSSR count). The highest BCUT2D eigenvalue weighted by molar-refractivity contribution is 5.86. The molecule has 3 aliphatic heterocycles. The maximum absolute atomic E-state index is 12.6. The molecular weight excluding hydrogens is 414 g/mol. The SMILES string of the molecule is Cc1nc(-n2cnnn2)ccc1CCN1CCC2(CC1)CCN(C1=CC(=O)OC1)C(=O)O2. The molecule has 11 nitrogen and oxygen atoms in total. The smallest absolute Gasteiger partial charge is 0.414 e. The van der Waals surface area contributed by atoms with E-state index < -0.39 is 11.6 Å². The Morgan fingerprint density at radius 3 is 2.59 bits per heavy atom.